The summed E-state index contributed by atoms with van der Waals surface area (Å²) in [5, 5.41) is 17.2. The van der Waals surface area contributed by atoms with E-state index < -0.39 is 6.10 Å². The van der Waals surface area contributed by atoms with Gasteiger partial charge in [-0.05, 0) is 49.4 Å². The molecule has 2 atom stereocenters. The Labute approximate surface area is 150 Å². The van der Waals surface area contributed by atoms with Gasteiger partial charge in [0.2, 0.25) is 0 Å². The van der Waals surface area contributed by atoms with E-state index in [-0.39, 0.29) is 18.4 Å². The fraction of sp³-hybridized carbons (Fsp3) is 0.294. The topological polar surface area (TPSA) is 37.2 Å². The van der Waals surface area contributed by atoms with Gasteiger partial charge < -0.3 is 15.0 Å². The van der Waals surface area contributed by atoms with Crippen molar-refractivity contribution in [1.29, 1.82) is 0 Å². The molecule has 0 bridgehead atoms. The van der Waals surface area contributed by atoms with E-state index in [0.29, 0.717) is 16.6 Å². The summed E-state index contributed by atoms with van der Waals surface area (Å²) >= 11 is 12.4. The van der Waals surface area contributed by atoms with Crippen molar-refractivity contribution in [1.82, 2.24) is 9.88 Å². The van der Waals surface area contributed by atoms with Gasteiger partial charge >= 0.3 is 0 Å². The predicted molar refractivity (Wildman–Crippen MR) is 99.2 cm³/mol. The molecule has 1 aliphatic rings. The second-order valence-corrected chi connectivity index (χ2v) is 6.69. The number of hydrogen-bond donors (Lipinski definition) is 2. The summed E-state index contributed by atoms with van der Waals surface area (Å²) in [6.45, 7) is 1.52. The molecule has 3 aromatic rings. The Balaban J connectivity index is 0.00000156. The molecule has 2 heterocycles. The first-order valence-corrected chi connectivity index (χ1v) is 8.18. The Morgan fingerprint density at radius 2 is 1.57 bits per heavy atom. The zero-order valence-electron chi connectivity index (χ0n) is 12.3. The lowest BCUT2D eigenvalue weighted by Gasteiger charge is -2.31. The van der Waals surface area contributed by atoms with Gasteiger partial charge in [-0.1, -0.05) is 23.2 Å². The largest absolute Gasteiger partial charge is 0.390 e. The molecule has 2 aromatic carbocycles. The number of piperidine rings is 1. The molecule has 1 aromatic heterocycles. The summed E-state index contributed by atoms with van der Waals surface area (Å²) in [6.07, 6.45) is 0.490. The van der Waals surface area contributed by atoms with Crippen LogP contribution in [0, 0.1) is 0 Å². The normalized spacial score (nSPS) is 21.5. The summed E-state index contributed by atoms with van der Waals surface area (Å²) < 4.78 is 2.24. The molecule has 3 nitrogen and oxygen atoms in total. The lowest BCUT2D eigenvalue weighted by atomic mass is 10.0. The molecule has 0 saturated carbocycles. The van der Waals surface area contributed by atoms with Crippen LogP contribution in [0.2, 0.25) is 10.0 Å². The second-order valence-electron chi connectivity index (χ2n) is 5.82. The number of aliphatic hydroxyl groups is 1. The highest BCUT2D eigenvalue weighted by Gasteiger charge is 2.27. The van der Waals surface area contributed by atoms with Crippen LogP contribution in [0.5, 0.6) is 0 Å². The third-order valence-electron chi connectivity index (χ3n) is 4.47. The van der Waals surface area contributed by atoms with E-state index >= 15 is 0 Å². The molecular weight excluding hydrogens is 355 g/mol. The van der Waals surface area contributed by atoms with Crippen molar-refractivity contribution in [2.24, 2.45) is 0 Å². The number of fused-ring (bicyclic) bond motifs is 3. The van der Waals surface area contributed by atoms with E-state index in [4.69, 9.17) is 23.2 Å². The van der Waals surface area contributed by atoms with Gasteiger partial charge in [0.1, 0.15) is 0 Å². The fourth-order valence-electron chi connectivity index (χ4n) is 3.48. The average Bonchev–Trinajstić information content (AvgIpc) is 2.81. The van der Waals surface area contributed by atoms with E-state index in [1.54, 1.807) is 0 Å². The molecule has 1 aliphatic heterocycles. The van der Waals surface area contributed by atoms with Gasteiger partial charge in [-0.3, -0.25) is 0 Å². The molecule has 0 radical (unpaired) electrons. The minimum absolute atomic E-state index is 0. The van der Waals surface area contributed by atoms with Crippen LogP contribution in [0.1, 0.15) is 12.5 Å². The number of aliphatic hydroxyl groups excluding tert-OH is 1. The summed E-state index contributed by atoms with van der Waals surface area (Å²) in [5.74, 6) is 0. The van der Waals surface area contributed by atoms with Gasteiger partial charge in [0.25, 0.3) is 0 Å². The van der Waals surface area contributed by atoms with Crippen molar-refractivity contribution >= 4 is 57.4 Å². The van der Waals surface area contributed by atoms with E-state index in [1.807, 2.05) is 36.4 Å². The molecule has 4 rings (SSSR count). The summed E-state index contributed by atoms with van der Waals surface area (Å²) in [7, 11) is 0. The van der Waals surface area contributed by atoms with Crippen LogP contribution in [-0.4, -0.2) is 28.9 Å². The van der Waals surface area contributed by atoms with Gasteiger partial charge in [0.15, 0.2) is 0 Å². The SMILES string of the molecule is Cl.OC1CNCCC1n1c2ccc(Cl)cc2c2cc(Cl)ccc21. The molecule has 0 amide bonds. The molecule has 0 aliphatic carbocycles. The number of aromatic nitrogens is 1. The molecular formula is C17H17Cl3N2O. The molecule has 122 valence electrons. The van der Waals surface area contributed by atoms with Crippen LogP contribution in [0.4, 0.5) is 0 Å². The quantitative estimate of drug-likeness (QED) is 0.664. The maximum atomic E-state index is 10.4. The molecule has 2 unspecified atom stereocenters. The summed E-state index contributed by atoms with van der Waals surface area (Å²) in [4.78, 5) is 0. The van der Waals surface area contributed by atoms with Crippen molar-refractivity contribution in [3.8, 4) is 0 Å². The Morgan fingerprint density at radius 3 is 2.09 bits per heavy atom. The number of rotatable bonds is 1. The van der Waals surface area contributed by atoms with Crippen molar-refractivity contribution < 1.29 is 5.11 Å². The van der Waals surface area contributed by atoms with Crippen LogP contribution >= 0.6 is 35.6 Å². The lowest BCUT2D eigenvalue weighted by molar-refractivity contribution is 0.0913. The zero-order chi connectivity index (χ0) is 15.3. The molecule has 6 heteroatoms. The monoisotopic (exact) mass is 370 g/mol. The average molecular weight is 372 g/mol. The van der Waals surface area contributed by atoms with Crippen LogP contribution in [0.25, 0.3) is 21.8 Å². The molecule has 0 spiro atoms. The number of hydrogen-bond acceptors (Lipinski definition) is 2. The van der Waals surface area contributed by atoms with Gasteiger partial charge in [0.05, 0.1) is 12.1 Å². The van der Waals surface area contributed by atoms with E-state index in [2.05, 4.69) is 9.88 Å². The fourth-order valence-corrected chi connectivity index (χ4v) is 3.83. The van der Waals surface area contributed by atoms with Crippen LogP contribution in [0.15, 0.2) is 36.4 Å². The highest BCUT2D eigenvalue weighted by atomic mass is 35.5. The zero-order valence-corrected chi connectivity index (χ0v) is 14.6. The molecule has 1 fully saturated rings. The highest BCUT2D eigenvalue weighted by Crippen LogP contribution is 2.37. The van der Waals surface area contributed by atoms with Crippen LogP contribution in [-0.2, 0) is 0 Å². The first-order valence-electron chi connectivity index (χ1n) is 7.42. The third-order valence-corrected chi connectivity index (χ3v) is 4.94. The number of nitrogens with zero attached hydrogens (tertiary/aromatic N) is 1. The Morgan fingerprint density at radius 1 is 1.00 bits per heavy atom. The summed E-state index contributed by atoms with van der Waals surface area (Å²) in [6, 6.07) is 11.9. The van der Waals surface area contributed by atoms with Gasteiger partial charge in [0, 0.05) is 38.4 Å². The minimum atomic E-state index is -0.404. The predicted octanol–water partition coefficient (Wildman–Crippen LogP) is 4.42. The standard InChI is InChI=1S/C17H16Cl2N2O.ClH/c18-10-1-3-14-12(7-10)13-8-11(19)2-4-15(13)21(14)16-5-6-20-9-17(16)22;/h1-4,7-8,16-17,20,22H,5-6,9H2;1H. The maximum absolute atomic E-state index is 10.4. The van der Waals surface area contributed by atoms with Crippen molar-refractivity contribution in [3.05, 3.63) is 46.4 Å². The van der Waals surface area contributed by atoms with Crippen molar-refractivity contribution in [2.75, 3.05) is 13.1 Å². The number of benzene rings is 2. The van der Waals surface area contributed by atoms with Crippen LogP contribution < -0.4 is 5.32 Å². The van der Waals surface area contributed by atoms with E-state index in [9.17, 15) is 5.11 Å². The first kappa shape index (κ1) is 16.9. The van der Waals surface area contributed by atoms with Gasteiger partial charge in [-0.2, -0.15) is 0 Å². The van der Waals surface area contributed by atoms with Crippen LogP contribution in [0.3, 0.4) is 0 Å². The van der Waals surface area contributed by atoms with Gasteiger partial charge in [-0.25, -0.2) is 0 Å². The van der Waals surface area contributed by atoms with E-state index in [0.717, 1.165) is 34.8 Å². The molecule has 23 heavy (non-hydrogen) atoms. The lowest BCUT2D eigenvalue weighted by Crippen LogP contribution is -2.41. The number of halogens is 3. The Kier molecular flexibility index (Phi) is 4.77. The van der Waals surface area contributed by atoms with E-state index in [1.165, 1.54) is 0 Å². The highest BCUT2D eigenvalue weighted by molar-refractivity contribution is 6.33. The molecule has 1 saturated heterocycles. The Bertz CT molecular complexity index is 803. The summed E-state index contributed by atoms with van der Waals surface area (Å²) in [5.41, 5.74) is 2.18. The number of nitrogens with one attached hydrogen (secondary N) is 1. The molecule has 2 N–H and O–H groups in total. The maximum Gasteiger partial charge on any atom is 0.0872 e. The number of β-amino-alcohol motifs (C(OH)–C–C–N with tert-alkyl or cyclic N) is 1. The minimum Gasteiger partial charge on any atom is -0.390 e. The van der Waals surface area contributed by atoms with Gasteiger partial charge in [-0.15, -0.1) is 12.4 Å². The Hall–Kier alpha value is -0.970. The van der Waals surface area contributed by atoms with Crippen molar-refractivity contribution in [3.63, 3.8) is 0 Å². The second kappa shape index (κ2) is 6.50. The third kappa shape index (κ3) is 2.81. The first-order chi connectivity index (χ1) is 10.6. The smallest absolute Gasteiger partial charge is 0.0872 e. The van der Waals surface area contributed by atoms with Crippen molar-refractivity contribution in [2.45, 2.75) is 18.6 Å².